The molecule has 0 aliphatic carbocycles. The monoisotopic (exact) mass is 249 g/mol. The highest BCUT2D eigenvalue weighted by Gasteiger charge is 2.03. The summed E-state index contributed by atoms with van der Waals surface area (Å²) in [5.41, 5.74) is 9.79. The number of rotatable bonds is 1. The van der Waals surface area contributed by atoms with Crippen LogP contribution in [0.5, 0.6) is 0 Å². The molecule has 0 aliphatic rings. The van der Waals surface area contributed by atoms with E-state index >= 15 is 0 Å². The van der Waals surface area contributed by atoms with Crippen molar-refractivity contribution in [1.29, 1.82) is 0 Å². The Hall–Kier alpha value is -2.53. The maximum absolute atomic E-state index is 12.0. The van der Waals surface area contributed by atoms with E-state index in [1.165, 1.54) is 0 Å². The molecular weight excluding hydrogens is 234 g/mol. The van der Waals surface area contributed by atoms with Gasteiger partial charge in [0.2, 0.25) is 5.78 Å². The van der Waals surface area contributed by atoms with E-state index in [0.717, 1.165) is 11.1 Å². The Labute approximate surface area is 113 Å². The van der Waals surface area contributed by atoms with Crippen LogP contribution in [0.2, 0.25) is 0 Å². The molecule has 0 fully saturated rings. The Morgan fingerprint density at radius 3 is 2.32 bits per heavy atom. The van der Waals surface area contributed by atoms with Crippen LogP contribution in [0.4, 0.5) is 5.69 Å². The number of aryl methyl sites for hydroxylation is 2. The molecule has 0 heterocycles. The van der Waals surface area contributed by atoms with E-state index in [0.29, 0.717) is 16.8 Å². The van der Waals surface area contributed by atoms with Gasteiger partial charge in [0.15, 0.2) is 0 Å². The largest absolute Gasteiger partial charge is 0.398 e. The van der Waals surface area contributed by atoms with Gasteiger partial charge in [-0.2, -0.15) is 0 Å². The van der Waals surface area contributed by atoms with Gasteiger partial charge in [0.05, 0.1) is 0 Å². The number of hydrogen-bond donors (Lipinski definition) is 1. The summed E-state index contributed by atoms with van der Waals surface area (Å²) in [6.07, 6.45) is 0. The van der Waals surface area contributed by atoms with E-state index < -0.39 is 0 Å². The molecule has 0 radical (unpaired) electrons. The molecule has 0 aromatic heterocycles. The normalized spacial score (nSPS) is 9.58. The molecule has 94 valence electrons. The zero-order valence-corrected chi connectivity index (χ0v) is 11.0. The molecule has 0 saturated heterocycles. The predicted molar refractivity (Wildman–Crippen MR) is 78.0 cm³/mol. The van der Waals surface area contributed by atoms with Crippen molar-refractivity contribution in [3.63, 3.8) is 0 Å². The average molecular weight is 249 g/mol. The Morgan fingerprint density at radius 1 is 1.05 bits per heavy atom. The van der Waals surface area contributed by atoms with Crippen LogP contribution in [0.15, 0.2) is 42.5 Å². The van der Waals surface area contributed by atoms with Crippen molar-refractivity contribution >= 4 is 11.5 Å². The first-order valence-electron chi connectivity index (χ1n) is 6.05. The van der Waals surface area contributed by atoms with Gasteiger partial charge in [0.1, 0.15) is 0 Å². The van der Waals surface area contributed by atoms with E-state index in [1.54, 1.807) is 12.1 Å². The first kappa shape index (κ1) is 12.9. The molecule has 2 aromatic carbocycles. The molecule has 2 rings (SSSR count). The fourth-order valence-corrected chi connectivity index (χ4v) is 1.91. The van der Waals surface area contributed by atoms with Gasteiger partial charge in [0.25, 0.3) is 0 Å². The lowest BCUT2D eigenvalue weighted by Crippen LogP contribution is -1.97. The lowest BCUT2D eigenvalue weighted by Gasteiger charge is -2.00. The predicted octanol–water partition coefficient (Wildman–Crippen LogP) is 3.12. The number of anilines is 1. The van der Waals surface area contributed by atoms with Gasteiger partial charge in [0, 0.05) is 16.8 Å². The molecule has 0 bridgehead atoms. The van der Waals surface area contributed by atoms with Crippen molar-refractivity contribution in [2.24, 2.45) is 0 Å². The third kappa shape index (κ3) is 3.23. The molecule has 2 nitrogen and oxygen atoms in total. The number of benzene rings is 2. The number of ketones is 1. The van der Waals surface area contributed by atoms with Crippen molar-refractivity contribution in [3.8, 4) is 11.8 Å². The first-order valence-corrected chi connectivity index (χ1v) is 6.05. The van der Waals surface area contributed by atoms with Gasteiger partial charge in [-0.1, -0.05) is 35.2 Å². The van der Waals surface area contributed by atoms with Gasteiger partial charge in [-0.05, 0) is 44.0 Å². The summed E-state index contributed by atoms with van der Waals surface area (Å²) in [5, 5.41) is 0. The van der Waals surface area contributed by atoms with E-state index in [4.69, 9.17) is 5.73 Å². The van der Waals surface area contributed by atoms with E-state index in [2.05, 4.69) is 11.8 Å². The summed E-state index contributed by atoms with van der Waals surface area (Å²) in [6.45, 7) is 3.93. The fraction of sp³-hybridized carbons (Fsp3) is 0.118. The highest BCUT2D eigenvalue weighted by atomic mass is 16.1. The van der Waals surface area contributed by atoms with E-state index in [1.807, 2.05) is 44.2 Å². The fourth-order valence-electron chi connectivity index (χ4n) is 1.91. The second-order valence-electron chi connectivity index (χ2n) is 4.54. The number of nitrogens with two attached hydrogens (primary N) is 1. The second kappa shape index (κ2) is 5.41. The number of carbonyl (C=O) groups is 1. The van der Waals surface area contributed by atoms with Crippen LogP contribution < -0.4 is 5.73 Å². The third-order valence-electron chi connectivity index (χ3n) is 2.76. The molecule has 0 saturated carbocycles. The van der Waals surface area contributed by atoms with Gasteiger partial charge < -0.3 is 5.73 Å². The minimum atomic E-state index is -0.185. The lowest BCUT2D eigenvalue weighted by atomic mass is 10.0. The zero-order valence-electron chi connectivity index (χ0n) is 11.0. The molecule has 2 aromatic rings. The topological polar surface area (TPSA) is 43.1 Å². The standard InChI is InChI=1S/C17H15NO/c1-12-9-13(2)11-15(10-12)17(19)8-7-14-5-3-4-6-16(14)18/h3-6,9-11H,18H2,1-2H3. The van der Waals surface area contributed by atoms with Crippen molar-refractivity contribution in [1.82, 2.24) is 0 Å². The number of Topliss-reactive ketones (excluding diaryl/α,β-unsaturated/α-hetero) is 1. The maximum Gasteiger partial charge on any atom is 0.236 e. The molecule has 19 heavy (non-hydrogen) atoms. The Morgan fingerprint density at radius 2 is 1.68 bits per heavy atom. The van der Waals surface area contributed by atoms with Crippen molar-refractivity contribution in [3.05, 3.63) is 64.7 Å². The molecule has 0 atom stereocenters. The smallest absolute Gasteiger partial charge is 0.236 e. The summed E-state index contributed by atoms with van der Waals surface area (Å²) in [5.74, 6) is 5.28. The number of hydrogen-bond acceptors (Lipinski definition) is 2. The highest BCUT2D eigenvalue weighted by molar-refractivity contribution is 6.09. The van der Waals surface area contributed by atoms with Gasteiger partial charge in [-0.25, -0.2) is 0 Å². The average Bonchev–Trinajstić information content (AvgIpc) is 2.36. The Kier molecular flexibility index (Phi) is 3.68. The molecule has 2 N–H and O–H groups in total. The number of nitrogen functional groups attached to an aromatic ring is 1. The van der Waals surface area contributed by atoms with Crippen LogP contribution in [-0.2, 0) is 0 Å². The number of carbonyl (C=O) groups excluding carboxylic acids is 1. The molecule has 0 aliphatic heterocycles. The second-order valence-corrected chi connectivity index (χ2v) is 4.54. The Bertz CT molecular complexity index is 670. The lowest BCUT2D eigenvalue weighted by molar-refractivity contribution is 0.105. The SMILES string of the molecule is Cc1cc(C)cc(C(=O)C#Cc2ccccc2N)c1. The van der Waals surface area contributed by atoms with E-state index in [9.17, 15) is 4.79 Å². The van der Waals surface area contributed by atoms with Crippen LogP contribution in [0, 0.1) is 25.7 Å². The number of para-hydroxylation sites is 1. The maximum atomic E-state index is 12.0. The first-order chi connectivity index (χ1) is 9.06. The van der Waals surface area contributed by atoms with Gasteiger partial charge in [-0.15, -0.1) is 0 Å². The van der Waals surface area contributed by atoms with Gasteiger partial charge >= 0.3 is 0 Å². The van der Waals surface area contributed by atoms with Crippen molar-refractivity contribution in [2.75, 3.05) is 5.73 Å². The molecule has 0 spiro atoms. The van der Waals surface area contributed by atoms with Gasteiger partial charge in [-0.3, -0.25) is 4.79 Å². The minimum Gasteiger partial charge on any atom is -0.398 e. The minimum absolute atomic E-state index is 0.185. The summed E-state index contributed by atoms with van der Waals surface area (Å²) in [7, 11) is 0. The molecule has 2 heteroatoms. The van der Waals surface area contributed by atoms with Crippen LogP contribution >= 0.6 is 0 Å². The zero-order chi connectivity index (χ0) is 13.8. The van der Waals surface area contributed by atoms with Crippen molar-refractivity contribution in [2.45, 2.75) is 13.8 Å². The summed E-state index contributed by atoms with van der Waals surface area (Å²) < 4.78 is 0. The quantitative estimate of drug-likeness (QED) is 0.479. The molecule has 0 amide bonds. The summed E-state index contributed by atoms with van der Waals surface area (Å²) >= 11 is 0. The van der Waals surface area contributed by atoms with Crippen LogP contribution in [-0.4, -0.2) is 5.78 Å². The summed E-state index contributed by atoms with van der Waals surface area (Å²) in [6, 6.07) is 13.0. The van der Waals surface area contributed by atoms with E-state index in [-0.39, 0.29) is 5.78 Å². The van der Waals surface area contributed by atoms with Crippen LogP contribution in [0.25, 0.3) is 0 Å². The third-order valence-corrected chi connectivity index (χ3v) is 2.76. The molecule has 0 unspecified atom stereocenters. The van der Waals surface area contributed by atoms with Crippen LogP contribution in [0.3, 0.4) is 0 Å². The van der Waals surface area contributed by atoms with Crippen molar-refractivity contribution < 1.29 is 4.79 Å². The highest BCUT2D eigenvalue weighted by Crippen LogP contribution is 2.11. The van der Waals surface area contributed by atoms with Crippen LogP contribution in [0.1, 0.15) is 27.0 Å². The Balaban J connectivity index is 2.30. The molecular formula is C17H15NO. The summed E-state index contributed by atoms with van der Waals surface area (Å²) in [4.78, 5) is 12.0.